The maximum Gasteiger partial charge on any atom is 0.217 e. The van der Waals surface area contributed by atoms with Crippen LogP contribution in [0.25, 0.3) is 5.69 Å². The van der Waals surface area contributed by atoms with Crippen molar-refractivity contribution in [2.24, 2.45) is 0 Å². The first-order valence-electron chi connectivity index (χ1n) is 9.17. The smallest absolute Gasteiger partial charge is 0.217 e. The molecule has 0 spiro atoms. The summed E-state index contributed by atoms with van der Waals surface area (Å²) in [5.41, 5.74) is 4.34. The van der Waals surface area contributed by atoms with Crippen molar-refractivity contribution in [2.75, 3.05) is 0 Å². The normalized spacial score (nSPS) is 14.0. The van der Waals surface area contributed by atoms with Crippen LogP contribution in [0.15, 0.2) is 48.5 Å². The van der Waals surface area contributed by atoms with Gasteiger partial charge in [-0.25, -0.2) is 9.67 Å². The number of hydrogen-bond acceptors (Lipinski definition) is 4. The number of nitrogens with zero attached hydrogens (tertiary/aromatic N) is 3. The average Bonchev–Trinajstić information content (AvgIpc) is 3.32. The molecule has 0 radical (unpaired) electrons. The zero-order valence-corrected chi connectivity index (χ0v) is 15.2. The standard InChI is InChI=1S/C21H22N4O2/c1-14(26)22-13-19-23-21(20(27)16-6-3-2-4-7-16)24-25(19)18-11-10-15-8-5-9-17(15)12-18/h2-4,6-7,10-12,20,27H,5,8-9,13H2,1H3,(H,22,26)/t20-/m0/s1. The van der Waals surface area contributed by atoms with Crippen molar-refractivity contribution < 1.29 is 9.90 Å². The van der Waals surface area contributed by atoms with Gasteiger partial charge in [-0.1, -0.05) is 36.4 Å². The van der Waals surface area contributed by atoms with Crippen LogP contribution in [0.3, 0.4) is 0 Å². The van der Waals surface area contributed by atoms with E-state index >= 15 is 0 Å². The highest BCUT2D eigenvalue weighted by Gasteiger charge is 2.20. The fourth-order valence-corrected chi connectivity index (χ4v) is 3.48. The van der Waals surface area contributed by atoms with Crippen molar-refractivity contribution in [3.63, 3.8) is 0 Å². The van der Waals surface area contributed by atoms with Gasteiger partial charge in [0.15, 0.2) is 11.6 Å². The highest BCUT2D eigenvalue weighted by atomic mass is 16.3. The lowest BCUT2D eigenvalue weighted by Crippen LogP contribution is -2.21. The van der Waals surface area contributed by atoms with Crippen LogP contribution in [-0.2, 0) is 24.2 Å². The van der Waals surface area contributed by atoms with E-state index in [1.54, 1.807) is 4.68 Å². The summed E-state index contributed by atoms with van der Waals surface area (Å²) in [6.45, 7) is 1.72. The number of nitrogens with one attached hydrogen (secondary N) is 1. The summed E-state index contributed by atoms with van der Waals surface area (Å²) < 4.78 is 1.72. The molecule has 1 aliphatic rings. The van der Waals surface area contributed by atoms with Crippen LogP contribution in [0.2, 0.25) is 0 Å². The van der Waals surface area contributed by atoms with Gasteiger partial charge in [0.25, 0.3) is 0 Å². The molecule has 1 atom stereocenters. The Morgan fingerprint density at radius 2 is 1.96 bits per heavy atom. The Morgan fingerprint density at radius 3 is 2.74 bits per heavy atom. The summed E-state index contributed by atoms with van der Waals surface area (Å²) in [4.78, 5) is 15.9. The van der Waals surface area contributed by atoms with Crippen molar-refractivity contribution in [2.45, 2.75) is 38.8 Å². The molecule has 2 N–H and O–H groups in total. The summed E-state index contributed by atoms with van der Waals surface area (Å²) in [6.07, 6.45) is 2.44. The summed E-state index contributed by atoms with van der Waals surface area (Å²) in [5.74, 6) is 0.777. The highest BCUT2D eigenvalue weighted by Crippen LogP contribution is 2.26. The predicted molar refractivity (Wildman–Crippen MR) is 101 cm³/mol. The number of fused-ring (bicyclic) bond motifs is 1. The number of carbonyl (C=O) groups excluding carboxylic acids is 1. The first-order chi connectivity index (χ1) is 13.1. The number of rotatable bonds is 5. The molecule has 138 valence electrons. The van der Waals surface area contributed by atoms with Gasteiger partial charge in [-0.3, -0.25) is 4.79 Å². The second-order valence-electron chi connectivity index (χ2n) is 6.83. The van der Waals surface area contributed by atoms with E-state index in [1.165, 1.54) is 24.5 Å². The Balaban J connectivity index is 1.72. The van der Waals surface area contributed by atoms with Crippen LogP contribution in [0.5, 0.6) is 0 Å². The lowest BCUT2D eigenvalue weighted by Gasteiger charge is -2.08. The monoisotopic (exact) mass is 362 g/mol. The SMILES string of the molecule is CC(=O)NCc1nc([C@@H](O)c2ccccc2)nn1-c1ccc2c(c1)CCC2. The van der Waals surface area contributed by atoms with E-state index in [0.717, 1.165) is 24.1 Å². The highest BCUT2D eigenvalue weighted by molar-refractivity contribution is 5.72. The van der Waals surface area contributed by atoms with Crippen LogP contribution >= 0.6 is 0 Å². The Morgan fingerprint density at radius 1 is 1.19 bits per heavy atom. The van der Waals surface area contributed by atoms with Gasteiger partial charge in [0.2, 0.25) is 5.91 Å². The minimum Gasteiger partial charge on any atom is -0.380 e. The molecule has 4 rings (SSSR count). The zero-order chi connectivity index (χ0) is 18.8. The molecular weight excluding hydrogens is 340 g/mol. The van der Waals surface area contributed by atoms with E-state index in [9.17, 15) is 9.90 Å². The average molecular weight is 362 g/mol. The third-order valence-electron chi connectivity index (χ3n) is 4.87. The Bertz CT molecular complexity index is 966. The fourth-order valence-electron chi connectivity index (χ4n) is 3.48. The van der Waals surface area contributed by atoms with E-state index in [1.807, 2.05) is 36.4 Å². The largest absolute Gasteiger partial charge is 0.380 e. The van der Waals surface area contributed by atoms with Gasteiger partial charge in [-0.05, 0) is 48.1 Å². The molecule has 0 aliphatic heterocycles. The van der Waals surface area contributed by atoms with Gasteiger partial charge in [0.1, 0.15) is 6.10 Å². The molecule has 6 nitrogen and oxygen atoms in total. The van der Waals surface area contributed by atoms with Crippen LogP contribution in [0.1, 0.15) is 47.8 Å². The van der Waals surface area contributed by atoms with Gasteiger partial charge in [-0.15, -0.1) is 5.10 Å². The molecule has 0 unspecified atom stereocenters. The van der Waals surface area contributed by atoms with Crippen LogP contribution in [0.4, 0.5) is 0 Å². The van der Waals surface area contributed by atoms with E-state index in [-0.39, 0.29) is 12.5 Å². The molecule has 0 fully saturated rings. The number of benzene rings is 2. The van der Waals surface area contributed by atoms with E-state index in [0.29, 0.717) is 11.6 Å². The molecule has 0 saturated heterocycles. The summed E-state index contributed by atoms with van der Waals surface area (Å²) in [7, 11) is 0. The summed E-state index contributed by atoms with van der Waals surface area (Å²) in [5, 5.41) is 18.0. The quantitative estimate of drug-likeness (QED) is 0.731. The molecule has 0 saturated carbocycles. The third kappa shape index (κ3) is 3.61. The maximum atomic E-state index is 11.4. The van der Waals surface area contributed by atoms with E-state index in [2.05, 4.69) is 27.5 Å². The topological polar surface area (TPSA) is 80.0 Å². The summed E-state index contributed by atoms with van der Waals surface area (Å²) >= 11 is 0. The lowest BCUT2D eigenvalue weighted by atomic mass is 10.1. The van der Waals surface area contributed by atoms with Gasteiger partial charge in [0, 0.05) is 6.92 Å². The minimum absolute atomic E-state index is 0.135. The van der Waals surface area contributed by atoms with Crippen LogP contribution in [0, 0.1) is 0 Å². The van der Waals surface area contributed by atoms with E-state index < -0.39 is 6.10 Å². The number of aliphatic hydroxyl groups is 1. The number of carbonyl (C=O) groups is 1. The van der Waals surface area contributed by atoms with Crippen molar-refractivity contribution in [1.82, 2.24) is 20.1 Å². The lowest BCUT2D eigenvalue weighted by molar-refractivity contribution is -0.119. The number of aryl methyl sites for hydroxylation is 2. The maximum absolute atomic E-state index is 11.4. The molecule has 2 aromatic carbocycles. The van der Waals surface area contributed by atoms with Gasteiger partial charge in [0.05, 0.1) is 12.2 Å². The molecule has 1 amide bonds. The number of aliphatic hydroxyl groups excluding tert-OH is 1. The molecule has 27 heavy (non-hydrogen) atoms. The van der Waals surface area contributed by atoms with Crippen LogP contribution in [-0.4, -0.2) is 25.8 Å². The van der Waals surface area contributed by atoms with Gasteiger partial charge < -0.3 is 10.4 Å². The second-order valence-corrected chi connectivity index (χ2v) is 6.83. The molecule has 1 heterocycles. The van der Waals surface area contributed by atoms with Gasteiger partial charge >= 0.3 is 0 Å². The first-order valence-corrected chi connectivity index (χ1v) is 9.17. The zero-order valence-electron chi connectivity index (χ0n) is 15.2. The Hall–Kier alpha value is -2.99. The number of hydrogen-bond donors (Lipinski definition) is 2. The first kappa shape index (κ1) is 17.4. The van der Waals surface area contributed by atoms with Crippen molar-refractivity contribution in [3.05, 3.63) is 76.9 Å². The minimum atomic E-state index is -0.919. The van der Waals surface area contributed by atoms with Crippen molar-refractivity contribution in [1.29, 1.82) is 0 Å². The second kappa shape index (κ2) is 7.32. The molecular formula is C21H22N4O2. The number of amides is 1. The van der Waals surface area contributed by atoms with Gasteiger partial charge in [-0.2, -0.15) is 0 Å². The molecule has 1 aliphatic carbocycles. The predicted octanol–water partition coefficient (Wildman–Crippen LogP) is 2.47. The fraction of sp³-hybridized carbons (Fsp3) is 0.286. The van der Waals surface area contributed by atoms with Crippen LogP contribution < -0.4 is 5.32 Å². The van der Waals surface area contributed by atoms with Crippen molar-refractivity contribution >= 4 is 5.91 Å². The number of aromatic nitrogens is 3. The summed E-state index contributed by atoms with van der Waals surface area (Å²) in [6, 6.07) is 15.6. The van der Waals surface area contributed by atoms with Crippen molar-refractivity contribution in [3.8, 4) is 5.69 Å². The molecule has 3 aromatic rings. The Kier molecular flexibility index (Phi) is 4.73. The Labute approximate surface area is 157 Å². The van der Waals surface area contributed by atoms with E-state index in [4.69, 9.17) is 0 Å². The molecule has 1 aromatic heterocycles. The molecule has 0 bridgehead atoms. The third-order valence-corrected chi connectivity index (χ3v) is 4.87. The molecule has 6 heteroatoms.